The molecule has 0 heterocycles. The topological polar surface area (TPSA) is 63.2 Å². The molecule has 102 valence electrons. The number of carbonyl (C=O) groups excluding carboxylic acids is 1. The van der Waals surface area contributed by atoms with Crippen molar-refractivity contribution in [2.24, 2.45) is 0 Å². The second-order valence-electron chi connectivity index (χ2n) is 3.22. The SMILES string of the molecule is CC.CCCNC(=O)c1cccc(S(=O)(=O)F)c1. The molecule has 18 heavy (non-hydrogen) atoms. The Morgan fingerprint density at radius 2 is 1.94 bits per heavy atom. The third kappa shape index (κ3) is 5.27. The maximum Gasteiger partial charge on any atom is 0.332 e. The molecule has 0 atom stereocenters. The fraction of sp³-hybridized carbons (Fsp3) is 0.417. The van der Waals surface area contributed by atoms with E-state index in [2.05, 4.69) is 5.32 Å². The minimum Gasteiger partial charge on any atom is -0.352 e. The molecule has 0 unspecified atom stereocenters. The van der Waals surface area contributed by atoms with Gasteiger partial charge in [-0.1, -0.05) is 26.8 Å². The predicted octanol–water partition coefficient (Wildman–Crippen LogP) is 2.51. The Bertz CT molecular complexity index is 486. The van der Waals surface area contributed by atoms with Crippen LogP contribution in [0, 0.1) is 0 Å². The molecule has 6 heteroatoms. The fourth-order valence-corrected chi connectivity index (χ4v) is 1.64. The Morgan fingerprint density at radius 1 is 1.33 bits per heavy atom. The molecule has 1 aromatic rings. The number of hydrogen-bond acceptors (Lipinski definition) is 3. The zero-order valence-corrected chi connectivity index (χ0v) is 11.6. The Balaban J connectivity index is 0.00000137. The number of carbonyl (C=O) groups is 1. The molecule has 0 aliphatic carbocycles. The summed E-state index contributed by atoms with van der Waals surface area (Å²) in [7, 11) is -4.76. The lowest BCUT2D eigenvalue weighted by Gasteiger charge is -2.03. The van der Waals surface area contributed by atoms with E-state index in [1.165, 1.54) is 12.1 Å². The first-order valence-corrected chi connectivity index (χ1v) is 7.16. The van der Waals surface area contributed by atoms with Gasteiger partial charge in [-0.3, -0.25) is 4.79 Å². The molecule has 0 spiro atoms. The van der Waals surface area contributed by atoms with Crippen molar-refractivity contribution in [1.82, 2.24) is 5.32 Å². The molecule has 0 bridgehead atoms. The van der Waals surface area contributed by atoms with E-state index in [-0.39, 0.29) is 5.56 Å². The molecular weight excluding hydrogens is 257 g/mol. The summed E-state index contributed by atoms with van der Waals surface area (Å²) in [5, 5.41) is 2.57. The second-order valence-corrected chi connectivity index (χ2v) is 4.57. The maximum atomic E-state index is 12.7. The van der Waals surface area contributed by atoms with Gasteiger partial charge in [0.25, 0.3) is 5.91 Å². The Morgan fingerprint density at radius 3 is 2.44 bits per heavy atom. The summed E-state index contributed by atoms with van der Waals surface area (Å²) in [6.45, 7) is 6.38. The van der Waals surface area contributed by atoms with E-state index in [0.717, 1.165) is 18.6 Å². The van der Waals surface area contributed by atoms with Crippen LogP contribution in [-0.2, 0) is 10.2 Å². The van der Waals surface area contributed by atoms with Crippen molar-refractivity contribution in [3.63, 3.8) is 0 Å². The van der Waals surface area contributed by atoms with Crippen LogP contribution in [0.5, 0.6) is 0 Å². The van der Waals surface area contributed by atoms with Crippen molar-refractivity contribution in [2.45, 2.75) is 32.1 Å². The molecule has 0 radical (unpaired) electrons. The highest BCUT2D eigenvalue weighted by atomic mass is 32.3. The zero-order valence-electron chi connectivity index (χ0n) is 10.7. The van der Waals surface area contributed by atoms with Crippen LogP contribution in [0.3, 0.4) is 0 Å². The van der Waals surface area contributed by atoms with Crippen molar-refractivity contribution in [1.29, 1.82) is 0 Å². The zero-order chi connectivity index (χ0) is 14.2. The Hall–Kier alpha value is -1.43. The van der Waals surface area contributed by atoms with E-state index in [4.69, 9.17) is 0 Å². The van der Waals surface area contributed by atoms with Crippen molar-refractivity contribution < 1.29 is 17.1 Å². The number of rotatable bonds is 4. The third-order valence-electron chi connectivity index (χ3n) is 1.91. The summed E-state index contributed by atoms with van der Waals surface area (Å²) in [6, 6.07) is 4.87. The second kappa shape index (κ2) is 7.81. The average Bonchev–Trinajstić information content (AvgIpc) is 2.37. The molecule has 0 saturated carbocycles. The standard InChI is InChI=1S/C10H12FNO3S.C2H6/c1-2-6-12-10(13)8-4-3-5-9(7-8)16(11,14)15;1-2/h3-5,7H,2,6H2,1H3,(H,12,13);1-2H3. The van der Waals surface area contributed by atoms with Gasteiger partial charge in [0.05, 0.1) is 4.90 Å². The molecule has 0 fully saturated rings. The molecule has 0 aliphatic rings. The van der Waals surface area contributed by atoms with Crippen LogP contribution in [0.2, 0.25) is 0 Å². The van der Waals surface area contributed by atoms with Gasteiger partial charge in [0.15, 0.2) is 0 Å². The van der Waals surface area contributed by atoms with E-state index < -0.39 is 21.0 Å². The minimum absolute atomic E-state index is 0.132. The summed E-state index contributed by atoms with van der Waals surface area (Å²) < 4.78 is 33.9. The van der Waals surface area contributed by atoms with Crippen LogP contribution in [-0.4, -0.2) is 20.9 Å². The van der Waals surface area contributed by atoms with Crippen molar-refractivity contribution in [2.75, 3.05) is 6.54 Å². The smallest absolute Gasteiger partial charge is 0.332 e. The monoisotopic (exact) mass is 275 g/mol. The van der Waals surface area contributed by atoms with Crippen molar-refractivity contribution >= 4 is 16.1 Å². The summed E-state index contributed by atoms with van der Waals surface area (Å²) >= 11 is 0. The normalized spacial score (nSPS) is 10.2. The number of benzene rings is 1. The van der Waals surface area contributed by atoms with Crippen LogP contribution in [0.4, 0.5) is 3.89 Å². The lowest BCUT2D eigenvalue weighted by Crippen LogP contribution is -2.24. The quantitative estimate of drug-likeness (QED) is 0.859. The average molecular weight is 275 g/mol. The van der Waals surface area contributed by atoms with Gasteiger partial charge in [-0.25, -0.2) is 0 Å². The van der Waals surface area contributed by atoms with Crippen LogP contribution in [0.25, 0.3) is 0 Å². The van der Waals surface area contributed by atoms with E-state index in [1.54, 1.807) is 0 Å². The molecule has 4 nitrogen and oxygen atoms in total. The molecule has 0 saturated heterocycles. The van der Waals surface area contributed by atoms with Gasteiger partial charge in [-0.2, -0.15) is 8.42 Å². The summed E-state index contributed by atoms with van der Waals surface area (Å²) in [6.07, 6.45) is 0.771. The first-order chi connectivity index (χ1) is 8.45. The molecule has 1 amide bonds. The van der Waals surface area contributed by atoms with Gasteiger partial charge in [-0.15, -0.1) is 3.89 Å². The first kappa shape index (κ1) is 16.6. The van der Waals surface area contributed by atoms with Crippen LogP contribution in [0.1, 0.15) is 37.6 Å². The minimum atomic E-state index is -4.76. The Labute approximate surface area is 107 Å². The molecular formula is C12H18FNO3S. The van der Waals surface area contributed by atoms with Gasteiger partial charge in [0.2, 0.25) is 0 Å². The molecule has 0 aliphatic heterocycles. The summed E-state index contributed by atoms with van der Waals surface area (Å²) in [5.74, 6) is -0.410. The van der Waals surface area contributed by atoms with Crippen LogP contribution >= 0.6 is 0 Å². The van der Waals surface area contributed by atoms with Crippen LogP contribution in [0.15, 0.2) is 29.2 Å². The lowest BCUT2D eigenvalue weighted by molar-refractivity contribution is 0.0953. The van der Waals surface area contributed by atoms with Gasteiger partial charge >= 0.3 is 10.2 Å². The van der Waals surface area contributed by atoms with E-state index in [9.17, 15) is 17.1 Å². The first-order valence-electron chi connectivity index (χ1n) is 5.78. The number of hydrogen-bond donors (Lipinski definition) is 1. The third-order valence-corrected chi connectivity index (χ3v) is 2.73. The van der Waals surface area contributed by atoms with Crippen LogP contribution < -0.4 is 5.32 Å². The highest BCUT2D eigenvalue weighted by Crippen LogP contribution is 2.13. The van der Waals surface area contributed by atoms with Gasteiger partial charge in [0, 0.05) is 12.1 Å². The molecule has 1 aromatic carbocycles. The van der Waals surface area contributed by atoms with E-state index in [0.29, 0.717) is 6.54 Å². The van der Waals surface area contributed by atoms with E-state index >= 15 is 0 Å². The summed E-state index contributed by atoms with van der Waals surface area (Å²) in [5.41, 5.74) is 0.132. The maximum absolute atomic E-state index is 12.7. The highest BCUT2D eigenvalue weighted by Gasteiger charge is 2.14. The Kier molecular flexibility index (Phi) is 7.19. The van der Waals surface area contributed by atoms with E-state index in [1.807, 2.05) is 20.8 Å². The number of amides is 1. The molecule has 0 aromatic heterocycles. The largest absolute Gasteiger partial charge is 0.352 e. The van der Waals surface area contributed by atoms with Gasteiger partial charge in [0.1, 0.15) is 0 Å². The number of halogens is 1. The molecule has 1 rings (SSSR count). The summed E-state index contributed by atoms with van der Waals surface area (Å²) in [4.78, 5) is 11.0. The fourth-order valence-electron chi connectivity index (χ4n) is 1.13. The lowest BCUT2D eigenvalue weighted by atomic mass is 10.2. The van der Waals surface area contributed by atoms with Gasteiger partial charge < -0.3 is 5.32 Å². The highest BCUT2D eigenvalue weighted by molar-refractivity contribution is 7.86. The van der Waals surface area contributed by atoms with Crippen molar-refractivity contribution in [3.05, 3.63) is 29.8 Å². The molecule has 1 N–H and O–H groups in total. The van der Waals surface area contributed by atoms with Crippen molar-refractivity contribution in [3.8, 4) is 0 Å². The van der Waals surface area contributed by atoms with Gasteiger partial charge in [-0.05, 0) is 24.6 Å². The number of nitrogens with one attached hydrogen (secondary N) is 1. The predicted molar refractivity (Wildman–Crippen MR) is 68.7 cm³/mol.